The average Bonchev–Trinajstić information content (AvgIpc) is 2.95. The summed E-state index contributed by atoms with van der Waals surface area (Å²) in [5.74, 6) is -0.156. The molecule has 2 rings (SSSR count). The van der Waals surface area contributed by atoms with Gasteiger partial charge in [-0.2, -0.15) is 0 Å². The van der Waals surface area contributed by atoms with Crippen molar-refractivity contribution in [3.8, 4) is 0 Å². The predicted octanol–water partition coefficient (Wildman–Crippen LogP) is 1.25. The second kappa shape index (κ2) is 7.75. The van der Waals surface area contributed by atoms with Crippen LogP contribution in [0.25, 0.3) is 0 Å². The third kappa shape index (κ3) is 4.70. The Labute approximate surface area is 130 Å². The lowest BCUT2D eigenvalue weighted by Crippen LogP contribution is -2.40. The molecule has 2 amide bonds. The summed E-state index contributed by atoms with van der Waals surface area (Å²) < 4.78 is 0. The number of amides is 2. The van der Waals surface area contributed by atoms with E-state index in [0.717, 1.165) is 6.42 Å². The Morgan fingerprint density at radius 2 is 2.00 bits per heavy atom. The van der Waals surface area contributed by atoms with Crippen molar-refractivity contribution in [3.63, 3.8) is 0 Å². The van der Waals surface area contributed by atoms with Crippen molar-refractivity contribution in [1.29, 1.82) is 0 Å². The first-order valence-electron chi connectivity index (χ1n) is 7.53. The van der Waals surface area contributed by atoms with E-state index in [1.165, 1.54) is 0 Å². The first-order chi connectivity index (χ1) is 10.6. The van der Waals surface area contributed by atoms with Gasteiger partial charge < -0.3 is 15.7 Å². The Bertz CT molecular complexity index is 542. The number of carbonyl (C=O) groups is 2. The molecule has 5 nitrogen and oxygen atoms in total. The minimum Gasteiger partial charge on any atom is -0.396 e. The smallest absolute Gasteiger partial charge is 0.251 e. The van der Waals surface area contributed by atoms with Crippen LogP contribution in [0.1, 0.15) is 30.1 Å². The Kier molecular flexibility index (Phi) is 5.72. The summed E-state index contributed by atoms with van der Waals surface area (Å²) in [5, 5.41) is 14.8. The maximum atomic E-state index is 12.0. The summed E-state index contributed by atoms with van der Waals surface area (Å²) in [6.07, 6.45) is 4.79. The molecule has 0 spiro atoms. The zero-order chi connectivity index (χ0) is 15.9. The van der Waals surface area contributed by atoms with E-state index in [2.05, 4.69) is 10.6 Å². The molecule has 118 valence electrons. The van der Waals surface area contributed by atoms with Crippen LogP contribution in [0.15, 0.2) is 42.5 Å². The summed E-state index contributed by atoms with van der Waals surface area (Å²) >= 11 is 0. The van der Waals surface area contributed by atoms with Crippen molar-refractivity contribution in [2.45, 2.75) is 31.8 Å². The molecule has 0 aromatic heterocycles. The topological polar surface area (TPSA) is 78.4 Å². The molecule has 1 aromatic carbocycles. The monoisotopic (exact) mass is 302 g/mol. The van der Waals surface area contributed by atoms with Gasteiger partial charge >= 0.3 is 0 Å². The van der Waals surface area contributed by atoms with Gasteiger partial charge in [-0.05, 0) is 25.5 Å². The molecular formula is C17H22N2O3. The van der Waals surface area contributed by atoms with Gasteiger partial charge in [0.05, 0.1) is 0 Å². The normalized spacial score (nSPS) is 21.4. The molecule has 1 aliphatic rings. The largest absolute Gasteiger partial charge is 0.396 e. The minimum absolute atomic E-state index is 0.0262. The van der Waals surface area contributed by atoms with E-state index < -0.39 is 0 Å². The van der Waals surface area contributed by atoms with Gasteiger partial charge in [0.1, 0.15) is 0 Å². The Hall–Kier alpha value is -2.14. The van der Waals surface area contributed by atoms with Gasteiger partial charge in [-0.3, -0.25) is 9.59 Å². The van der Waals surface area contributed by atoms with Crippen LogP contribution in [0.3, 0.4) is 0 Å². The van der Waals surface area contributed by atoms with Gasteiger partial charge in [-0.25, -0.2) is 0 Å². The number of hydrogen-bond acceptors (Lipinski definition) is 3. The van der Waals surface area contributed by atoms with Gasteiger partial charge in [0.25, 0.3) is 5.91 Å². The van der Waals surface area contributed by atoms with Crippen LogP contribution in [0.4, 0.5) is 0 Å². The molecule has 0 saturated heterocycles. The first kappa shape index (κ1) is 16.2. The molecular weight excluding hydrogens is 280 g/mol. The fourth-order valence-electron chi connectivity index (χ4n) is 2.51. The summed E-state index contributed by atoms with van der Waals surface area (Å²) in [5.41, 5.74) is 0.583. The van der Waals surface area contributed by atoms with Crippen molar-refractivity contribution in [2.24, 2.45) is 5.92 Å². The highest BCUT2D eigenvalue weighted by Crippen LogP contribution is 2.17. The maximum Gasteiger partial charge on any atom is 0.251 e. The van der Waals surface area contributed by atoms with Gasteiger partial charge in [-0.1, -0.05) is 30.4 Å². The van der Waals surface area contributed by atoms with Crippen LogP contribution < -0.4 is 10.6 Å². The van der Waals surface area contributed by atoms with E-state index in [-0.39, 0.29) is 42.8 Å². The third-order valence-corrected chi connectivity index (χ3v) is 3.66. The van der Waals surface area contributed by atoms with Crippen LogP contribution in [0, 0.1) is 5.92 Å². The van der Waals surface area contributed by atoms with E-state index in [1.54, 1.807) is 31.2 Å². The zero-order valence-corrected chi connectivity index (χ0v) is 12.7. The zero-order valence-electron chi connectivity index (χ0n) is 12.7. The predicted molar refractivity (Wildman–Crippen MR) is 84.3 cm³/mol. The maximum absolute atomic E-state index is 12.0. The minimum atomic E-state index is -0.244. The summed E-state index contributed by atoms with van der Waals surface area (Å²) in [6.45, 7) is 1.91. The van der Waals surface area contributed by atoms with Crippen LogP contribution in [0.5, 0.6) is 0 Å². The van der Waals surface area contributed by atoms with Crippen molar-refractivity contribution < 1.29 is 14.7 Å². The number of nitrogens with one attached hydrogen (secondary N) is 2. The number of hydrogen-bond donors (Lipinski definition) is 3. The SMILES string of the molecule is CC(CC(=O)N[C@@H]1C=C[C@H](CO)C1)NC(=O)c1ccccc1. The van der Waals surface area contributed by atoms with Crippen LogP contribution in [-0.2, 0) is 4.79 Å². The molecule has 1 unspecified atom stereocenters. The average molecular weight is 302 g/mol. The molecule has 1 aromatic rings. The molecule has 5 heteroatoms. The molecule has 1 aliphatic carbocycles. The van der Waals surface area contributed by atoms with Crippen molar-refractivity contribution in [2.75, 3.05) is 6.61 Å². The molecule has 0 bridgehead atoms. The van der Waals surface area contributed by atoms with Crippen LogP contribution >= 0.6 is 0 Å². The van der Waals surface area contributed by atoms with Crippen molar-refractivity contribution >= 4 is 11.8 Å². The third-order valence-electron chi connectivity index (χ3n) is 3.66. The highest BCUT2D eigenvalue weighted by Gasteiger charge is 2.21. The summed E-state index contributed by atoms with van der Waals surface area (Å²) in [7, 11) is 0. The Morgan fingerprint density at radius 1 is 1.27 bits per heavy atom. The molecule has 3 atom stereocenters. The van der Waals surface area contributed by atoms with Gasteiger partial charge in [0.15, 0.2) is 0 Å². The first-order valence-corrected chi connectivity index (χ1v) is 7.53. The standard InChI is InChI=1S/C17H22N2O3/c1-12(18-17(22)14-5-3-2-4-6-14)9-16(21)19-15-8-7-13(10-15)11-20/h2-8,12-13,15,20H,9-11H2,1H3,(H,18,22)(H,19,21)/t12?,13-,15+/m0/s1. The molecule has 0 aliphatic heterocycles. The lowest BCUT2D eigenvalue weighted by atomic mass is 10.1. The second-order valence-corrected chi connectivity index (χ2v) is 5.68. The number of aliphatic hydroxyl groups is 1. The van der Waals surface area contributed by atoms with E-state index in [9.17, 15) is 9.59 Å². The fourth-order valence-corrected chi connectivity index (χ4v) is 2.51. The second-order valence-electron chi connectivity index (χ2n) is 5.68. The molecule has 0 heterocycles. The van der Waals surface area contributed by atoms with E-state index in [0.29, 0.717) is 5.56 Å². The molecule has 22 heavy (non-hydrogen) atoms. The van der Waals surface area contributed by atoms with Gasteiger partial charge in [-0.15, -0.1) is 0 Å². The number of aliphatic hydroxyl groups excluding tert-OH is 1. The van der Waals surface area contributed by atoms with Gasteiger partial charge in [0.2, 0.25) is 5.91 Å². The van der Waals surface area contributed by atoms with E-state index in [1.807, 2.05) is 18.2 Å². The quantitative estimate of drug-likeness (QED) is 0.692. The van der Waals surface area contributed by atoms with Crippen molar-refractivity contribution in [3.05, 3.63) is 48.0 Å². The molecule has 0 radical (unpaired) electrons. The lowest BCUT2D eigenvalue weighted by molar-refractivity contribution is -0.121. The summed E-state index contributed by atoms with van der Waals surface area (Å²) in [6, 6.07) is 8.66. The van der Waals surface area contributed by atoms with E-state index >= 15 is 0 Å². The lowest BCUT2D eigenvalue weighted by Gasteiger charge is -2.16. The molecule has 3 N–H and O–H groups in total. The van der Waals surface area contributed by atoms with Gasteiger partial charge in [0, 0.05) is 36.6 Å². The van der Waals surface area contributed by atoms with Crippen LogP contribution in [0.2, 0.25) is 0 Å². The molecule has 0 fully saturated rings. The summed E-state index contributed by atoms with van der Waals surface area (Å²) in [4.78, 5) is 23.9. The highest BCUT2D eigenvalue weighted by molar-refractivity contribution is 5.94. The number of rotatable bonds is 6. The molecule has 0 saturated carbocycles. The fraction of sp³-hybridized carbons (Fsp3) is 0.412. The Morgan fingerprint density at radius 3 is 2.64 bits per heavy atom. The number of benzene rings is 1. The van der Waals surface area contributed by atoms with Crippen LogP contribution in [-0.4, -0.2) is 35.6 Å². The highest BCUT2D eigenvalue weighted by atomic mass is 16.3. The van der Waals surface area contributed by atoms with Crippen molar-refractivity contribution in [1.82, 2.24) is 10.6 Å². The Balaban J connectivity index is 1.75. The number of carbonyl (C=O) groups excluding carboxylic acids is 2. The van der Waals surface area contributed by atoms with E-state index in [4.69, 9.17) is 5.11 Å².